The molecule has 0 saturated heterocycles. The van der Waals surface area contributed by atoms with Crippen LogP contribution in [0.5, 0.6) is 0 Å². The quantitative estimate of drug-likeness (QED) is 0.623. The molecule has 4 aliphatic rings. The normalized spacial score (nSPS) is 41.3. The Bertz CT molecular complexity index is 440. The van der Waals surface area contributed by atoms with Crippen LogP contribution in [0, 0.1) is 30.6 Å². The van der Waals surface area contributed by atoms with Crippen LogP contribution in [0.25, 0.3) is 0 Å². The van der Waals surface area contributed by atoms with Gasteiger partial charge in [0.25, 0.3) is 0 Å². The van der Waals surface area contributed by atoms with Gasteiger partial charge >= 0.3 is 0 Å². The van der Waals surface area contributed by atoms with Crippen molar-refractivity contribution in [2.45, 2.75) is 44.9 Å². The van der Waals surface area contributed by atoms with Gasteiger partial charge in [-0.05, 0) is 62.7 Å². The Balaban J connectivity index is 1.70. The molecule has 4 fully saturated rings. The maximum Gasteiger partial charge on any atom is 0.241 e. The summed E-state index contributed by atoms with van der Waals surface area (Å²) in [5, 5.41) is 4.32. The van der Waals surface area contributed by atoms with Crippen LogP contribution < -0.4 is 11.3 Å². The molecule has 4 saturated carbocycles. The Kier molecular flexibility index (Phi) is 2.25. The van der Waals surface area contributed by atoms with Crippen molar-refractivity contribution in [3.05, 3.63) is 11.3 Å². The van der Waals surface area contributed by atoms with Crippen LogP contribution in [-0.2, 0) is 0 Å². The first-order chi connectivity index (χ1) is 8.76. The van der Waals surface area contributed by atoms with Crippen LogP contribution in [-0.4, -0.2) is 5.16 Å². The molecule has 4 aliphatic carbocycles. The summed E-state index contributed by atoms with van der Waals surface area (Å²) in [6.07, 6.45) is 7.14. The van der Waals surface area contributed by atoms with Crippen LogP contribution in [0.4, 0.5) is 5.88 Å². The monoisotopic (exact) mass is 247 g/mol. The average Bonchev–Trinajstić information content (AvgIpc) is 2.70. The lowest BCUT2D eigenvalue weighted by Crippen LogP contribution is -2.44. The molecule has 4 nitrogen and oxygen atoms in total. The second-order valence-corrected chi connectivity index (χ2v) is 6.62. The van der Waals surface area contributed by atoms with Gasteiger partial charge in [0.15, 0.2) is 0 Å². The third-order valence-electron chi connectivity index (χ3n) is 5.63. The molecule has 0 unspecified atom stereocenters. The minimum atomic E-state index is 0.628. The molecule has 1 heterocycles. The summed E-state index contributed by atoms with van der Waals surface area (Å²) in [5.41, 5.74) is 4.91. The first-order valence-electron chi connectivity index (χ1n) is 7.19. The molecule has 1 aromatic heterocycles. The van der Waals surface area contributed by atoms with Gasteiger partial charge in [-0.2, -0.15) is 0 Å². The lowest BCUT2D eigenvalue weighted by Gasteiger charge is -2.54. The molecule has 18 heavy (non-hydrogen) atoms. The molecule has 0 atom stereocenters. The fraction of sp³-hybridized carbons (Fsp3) is 0.786. The molecule has 0 aromatic carbocycles. The smallest absolute Gasteiger partial charge is 0.241 e. The minimum Gasteiger partial charge on any atom is -0.337 e. The van der Waals surface area contributed by atoms with E-state index in [2.05, 4.69) is 17.5 Å². The molecule has 5 rings (SSSR count). The highest BCUT2D eigenvalue weighted by molar-refractivity contribution is 5.43. The van der Waals surface area contributed by atoms with E-state index in [-0.39, 0.29) is 0 Å². The first kappa shape index (κ1) is 10.9. The zero-order valence-electron chi connectivity index (χ0n) is 10.9. The Hall–Kier alpha value is -1.03. The minimum absolute atomic E-state index is 0.628. The SMILES string of the molecule is Cc1c(C2C3CC4CC(C3)CC2C4)noc1NN. The summed E-state index contributed by atoms with van der Waals surface area (Å²) in [6, 6.07) is 0. The Labute approximate surface area is 107 Å². The molecule has 3 N–H and O–H groups in total. The number of rotatable bonds is 2. The van der Waals surface area contributed by atoms with Crippen LogP contribution in [0.15, 0.2) is 4.52 Å². The Morgan fingerprint density at radius 3 is 2.22 bits per heavy atom. The van der Waals surface area contributed by atoms with E-state index in [1.165, 1.54) is 37.8 Å². The summed E-state index contributed by atoms with van der Waals surface area (Å²) in [5.74, 6) is 10.4. The number of aromatic nitrogens is 1. The summed E-state index contributed by atoms with van der Waals surface area (Å²) in [7, 11) is 0. The maximum atomic E-state index is 5.45. The second kappa shape index (κ2) is 3.73. The largest absolute Gasteiger partial charge is 0.337 e. The number of nitrogens with two attached hydrogens (primary N) is 1. The molecule has 0 aliphatic heterocycles. The van der Waals surface area contributed by atoms with Crippen molar-refractivity contribution in [3.63, 3.8) is 0 Å². The summed E-state index contributed by atoms with van der Waals surface area (Å²) in [6.45, 7) is 2.08. The fourth-order valence-corrected chi connectivity index (χ4v) is 5.17. The van der Waals surface area contributed by atoms with Gasteiger partial charge in [0.05, 0.1) is 5.69 Å². The van der Waals surface area contributed by atoms with Gasteiger partial charge in [0.1, 0.15) is 0 Å². The van der Waals surface area contributed by atoms with Crippen molar-refractivity contribution in [2.75, 3.05) is 5.43 Å². The van der Waals surface area contributed by atoms with E-state index < -0.39 is 0 Å². The van der Waals surface area contributed by atoms with Crippen molar-refractivity contribution in [1.82, 2.24) is 5.16 Å². The van der Waals surface area contributed by atoms with Crippen molar-refractivity contribution < 1.29 is 4.52 Å². The number of nitrogen functional groups attached to an aromatic ring is 1. The third kappa shape index (κ3) is 1.38. The molecule has 98 valence electrons. The summed E-state index contributed by atoms with van der Waals surface area (Å²) < 4.78 is 5.32. The zero-order chi connectivity index (χ0) is 12.3. The standard InChI is InChI=1S/C14H21N3O/c1-7-13(17-18-14(7)16-15)12-10-3-8-2-9(5-10)6-11(12)4-8/h8-12,16H,2-6,15H2,1H3. The molecular weight excluding hydrogens is 226 g/mol. The van der Waals surface area contributed by atoms with E-state index in [0.717, 1.165) is 29.2 Å². The highest BCUT2D eigenvalue weighted by atomic mass is 16.5. The first-order valence-corrected chi connectivity index (χ1v) is 7.19. The van der Waals surface area contributed by atoms with Gasteiger partial charge in [0.2, 0.25) is 5.88 Å². The number of nitrogens with one attached hydrogen (secondary N) is 1. The topological polar surface area (TPSA) is 64.1 Å². The average molecular weight is 247 g/mol. The van der Waals surface area contributed by atoms with Gasteiger partial charge < -0.3 is 4.52 Å². The van der Waals surface area contributed by atoms with E-state index in [4.69, 9.17) is 10.4 Å². The number of nitrogens with zero attached hydrogens (tertiary/aromatic N) is 1. The van der Waals surface area contributed by atoms with E-state index >= 15 is 0 Å². The molecular formula is C14H21N3O. The van der Waals surface area contributed by atoms with Crippen molar-refractivity contribution in [2.24, 2.45) is 29.5 Å². The van der Waals surface area contributed by atoms with E-state index in [1.54, 1.807) is 0 Å². The van der Waals surface area contributed by atoms with E-state index in [9.17, 15) is 0 Å². The lowest BCUT2D eigenvalue weighted by atomic mass is 9.51. The molecule has 0 spiro atoms. The number of anilines is 1. The third-order valence-corrected chi connectivity index (χ3v) is 5.63. The fourth-order valence-electron chi connectivity index (χ4n) is 5.17. The summed E-state index contributed by atoms with van der Waals surface area (Å²) >= 11 is 0. The Morgan fingerprint density at radius 1 is 1.11 bits per heavy atom. The number of hydrogen-bond donors (Lipinski definition) is 2. The van der Waals surface area contributed by atoms with Gasteiger partial charge in [-0.25, -0.2) is 5.84 Å². The zero-order valence-corrected chi connectivity index (χ0v) is 10.9. The second-order valence-electron chi connectivity index (χ2n) is 6.62. The van der Waals surface area contributed by atoms with Gasteiger partial charge in [-0.15, -0.1) is 0 Å². The lowest BCUT2D eigenvalue weighted by molar-refractivity contribution is -0.00522. The molecule has 1 aromatic rings. The highest BCUT2D eigenvalue weighted by Crippen LogP contribution is 2.60. The molecule has 0 radical (unpaired) electrons. The number of hydrogen-bond acceptors (Lipinski definition) is 4. The van der Waals surface area contributed by atoms with Gasteiger partial charge in [-0.3, -0.25) is 5.43 Å². The number of hydrazine groups is 1. The van der Waals surface area contributed by atoms with Gasteiger partial charge in [0, 0.05) is 11.5 Å². The van der Waals surface area contributed by atoms with E-state index in [1.807, 2.05) is 0 Å². The molecule has 4 heteroatoms. The van der Waals surface area contributed by atoms with Crippen LogP contribution in [0.1, 0.15) is 49.3 Å². The van der Waals surface area contributed by atoms with Crippen molar-refractivity contribution in [1.29, 1.82) is 0 Å². The predicted molar refractivity (Wildman–Crippen MR) is 68.8 cm³/mol. The van der Waals surface area contributed by atoms with Crippen molar-refractivity contribution in [3.8, 4) is 0 Å². The predicted octanol–water partition coefficient (Wildman–Crippen LogP) is 2.81. The van der Waals surface area contributed by atoms with Gasteiger partial charge in [-0.1, -0.05) is 5.16 Å². The summed E-state index contributed by atoms with van der Waals surface area (Å²) in [4.78, 5) is 0. The van der Waals surface area contributed by atoms with Crippen LogP contribution >= 0.6 is 0 Å². The van der Waals surface area contributed by atoms with Crippen LogP contribution in [0.3, 0.4) is 0 Å². The maximum absolute atomic E-state index is 5.45. The van der Waals surface area contributed by atoms with Crippen LogP contribution in [0.2, 0.25) is 0 Å². The van der Waals surface area contributed by atoms with Crippen molar-refractivity contribution >= 4 is 5.88 Å². The molecule has 4 bridgehead atoms. The Morgan fingerprint density at radius 2 is 1.72 bits per heavy atom. The molecule has 0 amide bonds. The van der Waals surface area contributed by atoms with E-state index in [0.29, 0.717) is 11.8 Å². The highest BCUT2D eigenvalue weighted by Gasteiger charge is 2.50.